The molecule has 1 saturated heterocycles. The topological polar surface area (TPSA) is 160 Å². The third kappa shape index (κ3) is 9.22. The molecule has 1 fully saturated rings. The Kier molecular flexibility index (Phi) is 12.4. The lowest BCUT2D eigenvalue weighted by atomic mass is 9.94. The zero-order valence-corrected chi connectivity index (χ0v) is 30.8. The predicted octanol–water partition coefficient (Wildman–Crippen LogP) is 6.66. The van der Waals surface area contributed by atoms with Crippen molar-refractivity contribution in [3.8, 4) is 11.6 Å². The van der Waals surface area contributed by atoms with Crippen LogP contribution in [0.15, 0.2) is 66.9 Å². The summed E-state index contributed by atoms with van der Waals surface area (Å²) in [6, 6.07) is 15.2. The maximum atomic E-state index is 14.4. The number of carbonyl (C=O) groups excluding carboxylic acids is 2. The number of likely N-dealkylation sites (tertiary alicyclic amines) is 1. The van der Waals surface area contributed by atoms with E-state index in [1.165, 1.54) is 35.5 Å². The molecule has 0 radical (unpaired) electrons. The Morgan fingerprint density at radius 2 is 1.63 bits per heavy atom. The molecule has 2 aromatic carbocycles. The Hall–Kier alpha value is -5.08. The summed E-state index contributed by atoms with van der Waals surface area (Å²) in [5, 5.41) is 2.84. The minimum absolute atomic E-state index is 0.0152. The molecule has 3 heterocycles. The van der Waals surface area contributed by atoms with Crippen LogP contribution in [0.2, 0.25) is 0 Å². The summed E-state index contributed by atoms with van der Waals surface area (Å²) in [4.78, 5) is 38.2. The molecule has 12 nitrogen and oxygen atoms in total. The molecule has 0 bridgehead atoms. The highest BCUT2D eigenvalue weighted by atomic mass is 32.2. The van der Waals surface area contributed by atoms with Crippen molar-refractivity contribution in [1.29, 1.82) is 0 Å². The van der Waals surface area contributed by atoms with Crippen LogP contribution in [0.5, 0.6) is 11.6 Å². The second kappa shape index (κ2) is 17.0. The van der Waals surface area contributed by atoms with Gasteiger partial charge in [-0.25, -0.2) is 27.6 Å². The number of sulfonamides is 1. The second-order valence-corrected chi connectivity index (χ2v) is 14.6. The van der Waals surface area contributed by atoms with E-state index in [1.807, 2.05) is 0 Å². The molecule has 14 heteroatoms. The number of urea groups is 1. The van der Waals surface area contributed by atoms with Gasteiger partial charge >= 0.3 is 6.03 Å². The number of aromatic nitrogens is 2. The summed E-state index contributed by atoms with van der Waals surface area (Å²) < 4.78 is 47.2. The van der Waals surface area contributed by atoms with E-state index in [9.17, 15) is 22.4 Å². The van der Waals surface area contributed by atoms with Gasteiger partial charge in [-0.1, -0.05) is 26.8 Å². The monoisotopic (exact) mass is 731 g/mol. The standard InChI is InChI=1S/C38H46FN7O5S/c1-5-31-32(6-2)37(51-30-15-12-26(13-16-30)44-52(49,50)8-4)43-34(7-3)33(31)24-45-20-18-28(19-21-45)46(29-11-9-10-25(39)22-29)38(48)42-27-14-17-35(36(40)47)41-23-27/h9-17,22-23,28,44H,5-8,18-21,24H2,1-4H3,(H2,40,47)(H,42,48). The summed E-state index contributed by atoms with van der Waals surface area (Å²) in [5.41, 5.74) is 11.1. The van der Waals surface area contributed by atoms with Crippen molar-refractivity contribution in [2.75, 3.05) is 33.8 Å². The number of halogens is 1. The number of hydrogen-bond acceptors (Lipinski definition) is 8. The quantitative estimate of drug-likeness (QED) is 0.130. The minimum Gasteiger partial charge on any atom is -0.439 e. The Balaban J connectivity index is 1.32. The normalized spacial score (nSPS) is 13.8. The van der Waals surface area contributed by atoms with Gasteiger partial charge in [-0.2, -0.15) is 0 Å². The maximum Gasteiger partial charge on any atom is 0.326 e. The lowest BCUT2D eigenvalue weighted by molar-refractivity contribution is 0.0995. The molecule has 0 unspecified atom stereocenters. The van der Waals surface area contributed by atoms with Crippen molar-refractivity contribution < 1.29 is 27.1 Å². The van der Waals surface area contributed by atoms with E-state index in [-0.39, 0.29) is 17.5 Å². The van der Waals surface area contributed by atoms with Gasteiger partial charge in [0, 0.05) is 48.3 Å². The Morgan fingerprint density at radius 1 is 0.942 bits per heavy atom. The number of aryl methyl sites for hydroxylation is 1. The highest BCUT2D eigenvalue weighted by molar-refractivity contribution is 7.92. The number of hydrogen-bond donors (Lipinski definition) is 3. The van der Waals surface area contributed by atoms with Crippen LogP contribution in [0.1, 0.15) is 73.4 Å². The van der Waals surface area contributed by atoms with Crippen molar-refractivity contribution >= 4 is 39.0 Å². The first kappa shape index (κ1) is 38.2. The van der Waals surface area contributed by atoms with Gasteiger partial charge in [0.25, 0.3) is 5.91 Å². The van der Waals surface area contributed by atoms with Gasteiger partial charge in [-0.15, -0.1) is 0 Å². The molecule has 3 amide bonds. The second-order valence-electron chi connectivity index (χ2n) is 12.6. The molecule has 0 atom stereocenters. The van der Waals surface area contributed by atoms with Crippen LogP contribution in [-0.4, -0.2) is 60.1 Å². The van der Waals surface area contributed by atoms with E-state index < -0.39 is 27.8 Å². The van der Waals surface area contributed by atoms with E-state index in [0.717, 1.165) is 24.1 Å². The summed E-state index contributed by atoms with van der Waals surface area (Å²) in [6.45, 7) is 9.98. The molecular formula is C38H46FN7O5S. The van der Waals surface area contributed by atoms with E-state index in [4.69, 9.17) is 15.5 Å². The molecule has 4 aromatic rings. The SMILES string of the molecule is CCc1nc(Oc2ccc(NS(=O)(=O)CC)cc2)c(CC)c(CC)c1CN1CCC(N(C(=O)Nc2ccc(C(N)=O)nc2)c2cccc(F)c2)CC1. The lowest BCUT2D eigenvalue weighted by Gasteiger charge is -2.39. The molecule has 0 aliphatic carbocycles. The largest absolute Gasteiger partial charge is 0.439 e. The van der Waals surface area contributed by atoms with Crippen LogP contribution in [0.3, 0.4) is 0 Å². The van der Waals surface area contributed by atoms with Crippen LogP contribution in [0.25, 0.3) is 0 Å². The number of primary amides is 1. The van der Waals surface area contributed by atoms with Gasteiger partial charge in [0.2, 0.25) is 15.9 Å². The number of nitrogens with one attached hydrogen (secondary N) is 2. The zero-order valence-electron chi connectivity index (χ0n) is 30.0. The molecule has 2 aromatic heterocycles. The third-order valence-electron chi connectivity index (χ3n) is 9.21. The van der Waals surface area contributed by atoms with E-state index in [0.29, 0.717) is 67.6 Å². The molecule has 1 aliphatic rings. The first-order valence-electron chi connectivity index (χ1n) is 17.6. The number of rotatable bonds is 14. The Bertz CT molecular complexity index is 1980. The van der Waals surface area contributed by atoms with E-state index in [1.54, 1.807) is 54.3 Å². The van der Waals surface area contributed by atoms with E-state index >= 15 is 0 Å². The zero-order chi connectivity index (χ0) is 37.4. The average molecular weight is 732 g/mol. The first-order chi connectivity index (χ1) is 24.9. The van der Waals surface area contributed by atoms with Gasteiger partial charge < -0.3 is 15.8 Å². The lowest BCUT2D eigenvalue weighted by Crippen LogP contribution is -2.49. The molecule has 4 N–H and O–H groups in total. The van der Waals surface area contributed by atoms with Crippen molar-refractivity contribution in [2.45, 2.75) is 72.4 Å². The molecule has 52 heavy (non-hydrogen) atoms. The summed E-state index contributed by atoms with van der Waals surface area (Å²) in [5.74, 6) is -0.0117. The van der Waals surface area contributed by atoms with Crippen molar-refractivity contribution in [1.82, 2.24) is 14.9 Å². The van der Waals surface area contributed by atoms with Crippen molar-refractivity contribution in [3.63, 3.8) is 0 Å². The number of piperidine rings is 1. The molecule has 5 rings (SSSR count). The molecule has 0 spiro atoms. The van der Waals surface area contributed by atoms with Crippen LogP contribution >= 0.6 is 0 Å². The number of nitrogens with zero attached hydrogens (tertiary/aromatic N) is 4. The Morgan fingerprint density at radius 3 is 2.21 bits per heavy atom. The number of anilines is 3. The van der Waals surface area contributed by atoms with Crippen LogP contribution in [0.4, 0.5) is 26.2 Å². The highest BCUT2D eigenvalue weighted by Crippen LogP contribution is 2.34. The fourth-order valence-electron chi connectivity index (χ4n) is 6.53. The number of amides is 3. The van der Waals surface area contributed by atoms with Gasteiger partial charge in [0.1, 0.15) is 17.3 Å². The third-order valence-corrected chi connectivity index (χ3v) is 10.5. The fraction of sp³-hybridized carbons (Fsp3) is 0.368. The van der Waals surface area contributed by atoms with Crippen LogP contribution in [0, 0.1) is 5.82 Å². The molecule has 0 saturated carbocycles. The number of benzene rings is 2. The van der Waals surface area contributed by atoms with Crippen LogP contribution < -0.4 is 25.4 Å². The van der Waals surface area contributed by atoms with Gasteiger partial charge in [-0.05, 0) is 105 Å². The predicted molar refractivity (Wildman–Crippen MR) is 201 cm³/mol. The van der Waals surface area contributed by atoms with Gasteiger partial charge in [0.05, 0.1) is 17.6 Å². The maximum absolute atomic E-state index is 14.4. The summed E-state index contributed by atoms with van der Waals surface area (Å²) in [7, 11) is -3.39. The molecule has 276 valence electrons. The van der Waals surface area contributed by atoms with Crippen molar-refractivity contribution in [3.05, 3.63) is 101 Å². The first-order valence-corrected chi connectivity index (χ1v) is 19.3. The molecule has 1 aliphatic heterocycles. The average Bonchev–Trinajstić information content (AvgIpc) is 3.13. The number of nitrogens with two attached hydrogens (primary N) is 1. The minimum atomic E-state index is -3.39. The highest BCUT2D eigenvalue weighted by Gasteiger charge is 2.31. The smallest absolute Gasteiger partial charge is 0.326 e. The van der Waals surface area contributed by atoms with Crippen molar-refractivity contribution in [2.24, 2.45) is 5.73 Å². The van der Waals surface area contributed by atoms with Crippen LogP contribution in [-0.2, 0) is 35.8 Å². The summed E-state index contributed by atoms with van der Waals surface area (Å²) in [6.07, 6.45) is 4.90. The fourth-order valence-corrected chi connectivity index (χ4v) is 7.17. The Labute approximate surface area is 304 Å². The molecular weight excluding hydrogens is 686 g/mol. The number of ether oxygens (including phenoxy) is 1. The van der Waals surface area contributed by atoms with Gasteiger partial charge in [-0.3, -0.25) is 19.3 Å². The number of pyridine rings is 2. The van der Waals surface area contributed by atoms with Gasteiger partial charge in [0.15, 0.2) is 0 Å². The number of carbonyl (C=O) groups is 2. The summed E-state index contributed by atoms with van der Waals surface area (Å²) >= 11 is 0. The van der Waals surface area contributed by atoms with E-state index in [2.05, 4.69) is 40.7 Å².